The lowest BCUT2D eigenvalue weighted by molar-refractivity contribution is -0.0984. The number of hydrogen-bond acceptors (Lipinski definition) is 8. The van der Waals surface area contributed by atoms with Gasteiger partial charge in [0, 0.05) is 12.8 Å². The second-order valence-corrected chi connectivity index (χ2v) is 9.39. The number of amides is 1. The van der Waals surface area contributed by atoms with E-state index in [1.165, 1.54) is 6.33 Å². The number of rotatable bonds is 5. The number of anilines is 2. The smallest absolute Gasteiger partial charge is 0.410 e. The predicted octanol–water partition coefficient (Wildman–Crippen LogP) is 4.35. The van der Waals surface area contributed by atoms with E-state index >= 15 is 0 Å². The fourth-order valence-corrected chi connectivity index (χ4v) is 4.83. The van der Waals surface area contributed by atoms with Crippen LogP contribution >= 0.6 is 11.6 Å². The molecule has 2 aromatic rings. The number of ether oxygens (including phenoxy) is 3. The minimum Gasteiger partial charge on any atom is -0.474 e. The number of carbonyl (C=O) groups excluding carboxylic acids is 1. The van der Waals surface area contributed by atoms with Crippen LogP contribution < -0.4 is 10.1 Å². The van der Waals surface area contributed by atoms with E-state index < -0.39 is 0 Å². The number of nitrogens with one attached hydrogen (secondary N) is 1. The number of piperidine rings is 1. The number of nitriles is 1. The minimum atomic E-state index is -0.231. The van der Waals surface area contributed by atoms with Gasteiger partial charge in [0.15, 0.2) is 0 Å². The molecule has 2 bridgehead atoms. The molecule has 1 N–H and O–H groups in total. The zero-order valence-corrected chi connectivity index (χ0v) is 19.6. The number of aromatic nitrogens is 2. The standard InChI is InChI=1S/C24H26ClN5O4/c1-14-22(29-21-6-5-15(10-26)7-20(21)25)27-13-28-23(14)33-19-8-16-11-32-12-17(9-19)30(16)24(31)34-18-3-2-4-18/h5-7,13,16-19H,2-4,8-9,11-12H2,1H3,(H,27,28,29). The number of fused-ring (bicyclic) bond motifs is 2. The van der Waals surface area contributed by atoms with Crippen molar-refractivity contribution in [3.05, 3.63) is 40.7 Å². The first-order valence-electron chi connectivity index (χ1n) is 11.5. The topological polar surface area (TPSA) is 110 Å². The molecular formula is C24H26ClN5O4. The van der Waals surface area contributed by atoms with Gasteiger partial charge in [0.05, 0.1) is 53.2 Å². The Bertz CT molecular complexity index is 1110. The van der Waals surface area contributed by atoms with Gasteiger partial charge in [-0.15, -0.1) is 0 Å². The van der Waals surface area contributed by atoms with Crippen molar-refractivity contribution in [3.63, 3.8) is 0 Å². The molecule has 9 nitrogen and oxygen atoms in total. The van der Waals surface area contributed by atoms with Crippen LogP contribution in [0, 0.1) is 18.3 Å². The number of carbonyl (C=O) groups is 1. The molecule has 2 unspecified atom stereocenters. The quantitative estimate of drug-likeness (QED) is 0.668. The van der Waals surface area contributed by atoms with Gasteiger partial charge in [0.2, 0.25) is 5.88 Å². The third kappa shape index (κ3) is 4.61. The van der Waals surface area contributed by atoms with E-state index in [9.17, 15) is 4.79 Å². The molecule has 10 heteroatoms. The van der Waals surface area contributed by atoms with E-state index in [1.807, 2.05) is 11.8 Å². The molecule has 5 rings (SSSR count). The number of nitrogens with zero attached hydrogens (tertiary/aromatic N) is 4. The van der Waals surface area contributed by atoms with Crippen LogP contribution in [0.15, 0.2) is 24.5 Å². The van der Waals surface area contributed by atoms with Crippen molar-refractivity contribution in [2.75, 3.05) is 18.5 Å². The molecule has 2 atom stereocenters. The highest BCUT2D eigenvalue weighted by molar-refractivity contribution is 6.33. The Balaban J connectivity index is 1.27. The molecule has 3 aliphatic rings. The van der Waals surface area contributed by atoms with E-state index in [2.05, 4.69) is 21.4 Å². The lowest BCUT2D eigenvalue weighted by Crippen LogP contribution is -2.61. The van der Waals surface area contributed by atoms with E-state index in [4.69, 9.17) is 31.1 Å². The van der Waals surface area contributed by atoms with Gasteiger partial charge in [-0.2, -0.15) is 5.26 Å². The van der Waals surface area contributed by atoms with Gasteiger partial charge in [0.1, 0.15) is 24.4 Å². The summed E-state index contributed by atoms with van der Waals surface area (Å²) in [6, 6.07) is 6.93. The molecule has 1 aliphatic carbocycles. The molecule has 178 valence electrons. The molecular weight excluding hydrogens is 458 g/mol. The summed E-state index contributed by atoms with van der Waals surface area (Å²) in [5, 5.41) is 12.7. The van der Waals surface area contributed by atoms with Gasteiger partial charge in [-0.05, 0) is 44.4 Å². The summed E-state index contributed by atoms with van der Waals surface area (Å²) in [7, 11) is 0. The number of hydrogen-bond donors (Lipinski definition) is 1. The normalized spacial score (nSPS) is 24.0. The highest BCUT2D eigenvalue weighted by Crippen LogP contribution is 2.34. The van der Waals surface area contributed by atoms with E-state index in [0.29, 0.717) is 54.0 Å². The third-order valence-corrected chi connectivity index (χ3v) is 6.99. The number of halogens is 1. The first-order valence-corrected chi connectivity index (χ1v) is 11.9. The van der Waals surface area contributed by atoms with Crippen molar-refractivity contribution >= 4 is 29.2 Å². The summed E-state index contributed by atoms with van der Waals surface area (Å²) in [5.41, 5.74) is 1.87. The average molecular weight is 484 g/mol. The van der Waals surface area contributed by atoms with Gasteiger partial charge in [-0.25, -0.2) is 14.8 Å². The monoisotopic (exact) mass is 483 g/mol. The molecule has 0 spiro atoms. The van der Waals surface area contributed by atoms with E-state index in [1.54, 1.807) is 18.2 Å². The molecule has 3 fully saturated rings. The summed E-state index contributed by atoms with van der Waals surface area (Å²) in [6.45, 7) is 2.83. The van der Waals surface area contributed by atoms with Gasteiger partial charge < -0.3 is 19.5 Å². The van der Waals surface area contributed by atoms with Crippen LogP contribution in [0.4, 0.5) is 16.3 Å². The first-order chi connectivity index (χ1) is 16.5. The Morgan fingerprint density at radius 2 is 2.00 bits per heavy atom. The van der Waals surface area contributed by atoms with Crippen LogP contribution in [0.3, 0.4) is 0 Å². The number of benzene rings is 1. The highest BCUT2D eigenvalue weighted by Gasteiger charge is 2.44. The van der Waals surface area contributed by atoms with Crippen molar-refractivity contribution in [2.24, 2.45) is 0 Å². The van der Waals surface area contributed by atoms with Crippen molar-refractivity contribution in [1.29, 1.82) is 5.26 Å². The maximum absolute atomic E-state index is 12.8. The molecule has 2 saturated heterocycles. The second kappa shape index (κ2) is 9.65. The van der Waals surface area contributed by atoms with Crippen LogP contribution in [0.1, 0.15) is 43.2 Å². The maximum Gasteiger partial charge on any atom is 0.410 e. The van der Waals surface area contributed by atoms with Crippen LogP contribution in [-0.4, -0.2) is 58.5 Å². The molecule has 1 amide bonds. The lowest BCUT2D eigenvalue weighted by atomic mass is 9.92. The summed E-state index contributed by atoms with van der Waals surface area (Å²) in [6.07, 6.45) is 5.48. The second-order valence-electron chi connectivity index (χ2n) is 8.98. The zero-order chi connectivity index (χ0) is 23.7. The van der Waals surface area contributed by atoms with Gasteiger partial charge in [-0.3, -0.25) is 4.90 Å². The van der Waals surface area contributed by atoms with Gasteiger partial charge in [0.25, 0.3) is 0 Å². The Morgan fingerprint density at radius 3 is 2.65 bits per heavy atom. The van der Waals surface area contributed by atoms with Crippen molar-refractivity contribution < 1.29 is 19.0 Å². The van der Waals surface area contributed by atoms with Crippen LogP contribution in [-0.2, 0) is 9.47 Å². The SMILES string of the molecule is Cc1c(Nc2ccc(C#N)cc2Cl)ncnc1OC1CC2COCC(C1)N2C(=O)OC1CCC1. The number of morpholine rings is 1. The van der Waals surface area contributed by atoms with Crippen molar-refractivity contribution in [2.45, 2.75) is 63.3 Å². The Hall–Kier alpha value is -3.09. The van der Waals surface area contributed by atoms with E-state index in [0.717, 1.165) is 24.8 Å². The molecule has 1 saturated carbocycles. The van der Waals surface area contributed by atoms with Gasteiger partial charge in [-0.1, -0.05) is 11.6 Å². The fraction of sp³-hybridized carbons (Fsp3) is 0.500. The Kier molecular flexibility index (Phi) is 6.44. The molecule has 34 heavy (non-hydrogen) atoms. The molecule has 0 radical (unpaired) electrons. The Morgan fingerprint density at radius 1 is 1.24 bits per heavy atom. The van der Waals surface area contributed by atoms with Gasteiger partial charge >= 0.3 is 6.09 Å². The van der Waals surface area contributed by atoms with Crippen molar-refractivity contribution in [3.8, 4) is 11.9 Å². The van der Waals surface area contributed by atoms with Crippen molar-refractivity contribution in [1.82, 2.24) is 14.9 Å². The summed E-state index contributed by atoms with van der Waals surface area (Å²) in [4.78, 5) is 23.3. The first kappa shape index (κ1) is 22.7. The average Bonchev–Trinajstić information content (AvgIpc) is 2.79. The van der Waals surface area contributed by atoms with E-state index in [-0.39, 0.29) is 30.4 Å². The largest absolute Gasteiger partial charge is 0.474 e. The Labute approximate surface area is 203 Å². The molecule has 1 aromatic heterocycles. The van der Waals surface area contributed by atoms with Crippen LogP contribution in [0.2, 0.25) is 5.02 Å². The minimum absolute atomic E-state index is 0.0577. The van der Waals surface area contributed by atoms with Crippen LogP contribution in [0.5, 0.6) is 5.88 Å². The zero-order valence-electron chi connectivity index (χ0n) is 18.9. The predicted molar refractivity (Wildman–Crippen MR) is 124 cm³/mol. The lowest BCUT2D eigenvalue weighted by Gasteiger charge is -2.47. The summed E-state index contributed by atoms with van der Waals surface area (Å²) in [5.74, 6) is 1.05. The highest BCUT2D eigenvalue weighted by atomic mass is 35.5. The maximum atomic E-state index is 12.8. The van der Waals surface area contributed by atoms with Crippen LogP contribution in [0.25, 0.3) is 0 Å². The molecule has 1 aromatic carbocycles. The summed E-state index contributed by atoms with van der Waals surface area (Å²) < 4.78 is 17.7. The summed E-state index contributed by atoms with van der Waals surface area (Å²) >= 11 is 6.30. The molecule has 2 aliphatic heterocycles. The molecule has 3 heterocycles. The fourth-order valence-electron chi connectivity index (χ4n) is 4.60. The third-order valence-electron chi connectivity index (χ3n) is 6.68.